The Balaban J connectivity index is 2.31. The molecule has 0 radical (unpaired) electrons. The van der Waals surface area contributed by atoms with Crippen LogP contribution in [0, 0.1) is 0 Å². The summed E-state index contributed by atoms with van der Waals surface area (Å²) < 4.78 is 0. The minimum absolute atomic E-state index is 0.245. The Labute approximate surface area is 114 Å². The van der Waals surface area contributed by atoms with E-state index in [2.05, 4.69) is 50.0 Å². The summed E-state index contributed by atoms with van der Waals surface area (Å²) in [5, 5.41) is 3.78. The van der Waals surface area contributed by atoms with Crippen LogP contribution < -0.4 is 5.32 Å². The van der Waals surface area contributed by atoms with Crippen LogP contribution in [0.2, 0.25) is 0 Å². The van der Waals surface area contributed by atoms with Crippen molar-refractivity contribution in [2.24, 2.45) is 0 Å². The molecule has 1 aliphatic rings. The van der Waals surface area contributed by atoms with Crippen molar-refractivity contribution in [3.63, 3.8) is 0 Å². The highest BCUT2D eigenvalue weighted by molar-refractivity contribution is 4.83. The summed E-state index contributed by atoms with van der Waals surface area (Å²) in [5.74, 6) is 0. The second kappa shape index (κ2) is 7.46. The molecule has 1 fully saturated rings. The molecule has 1 aliphatic heterocycles. The molecule has 1 atom stereocenters. The van der Waals surface area contributed by atoms with Crippen LogP contribution in [-0.4, -0.2) is 61.7 Å². The van der Waals surface area contributed by atoms with Gasteiger partial charge in [-0.15, -0.1) is 0 Å². The van der Waals surface area contributed by atoms with Crippen molar-refractivity contribution in [2.75, 3.05) is 40.3 Å². The molecule has 0 spiro atoms. The highest BCUT2D eigenvalue weighted by Crippen LogP contribution is 2.14. The molecule has 18 heavy (non-hydrogen) atoms. The molecule has 0 amide bonds. The monoisotopic (exact) mass is 255 g/mol. The van der Waals surface area contributed by atoms with Crippen LogP contribution in [0.15, 0.2) is 0 Å². The van der Waals surface area contributed by atoms with Crippen LogP contribution in [0.5, 0.6) is 0 Å². The highest BCUT2D eigenvalue weighted by Gasteiger charge is 2.23. The average Bonchev–Trinajstić information content (AvgIpc) is 2.52. The topological polar surface area (TPSA) is 18.5 Å². The summed E-state index contributed by atoms with van der Waals surface area (Å²) in [4.78, 5) is 4.93. The Morgan fingerprint density at radius 1 is 1.22 bits per heavy atom. The van der Waals surface area contributed by atoms with Gasteiger partial charge in [0, 0.05) is 18.1 Å². The van der Waals surface area contributed by atoms with Gasteiger partial charge in [-0.05, 0) is 73.3 Å². The minimum Gasteiger partial charge on any atom is -0.312 e. The lowest BCUT2D eigenvalue weighted by atomic mass is 10.0. The maximum atomic E-state index is 3.78. The van der Waals surface area contributed by atoms with E-state index >= 15 is 0 Å². The van der Waals surface area contributed by atoms with Crippen molar-refractivity contribution in [2.45, 2.75) is 58.0 Å². The number of nitrogens with one attached hydrogen (secondary N) is 1. The molecule has 0 aromatic heterocycles. The molecule has 1 unspecified atom stereocenters. The third-order valence-electron chi connectivity index (χ3n) is 4.39. The van der Waals surface area contributed by atoms with Crippen molar-refractivity contribution in [1.82, 2.24) is 15.1 Å². The molecule has 1 saturated heterocycles. The lowest BCUT2D eigenvalue weighted by molar-refractivity contribution is 0.182. The molecular weight excluding hydrogens is 222 g/mol. The Morgan fingerprint density at radius 3 is 2.56 bits per heavy atom. The summed E-state index contributed by atoms with van der Waals surface area (Å²) in [6, 6.07) is 0.714. The molecule has 0 aromatic rings. The number of likely N-dealkylation sites (N-methyl/N-ethyl adjacent to an activating group) is 1. The van der Waals surface area contributed by atoms with Crippen LogP contribution in [0.3, 0.4) is 0 Å². The summed E-state index contributed by atoms with van der Waals surface area (Å²) in [7, 11) is 4.33. The normalized spacial score (nSPS) is 23.3. The molecule has 1 heterocycles. The Bertz CT molecular complexity index is 226. The molecule has 1 rings (SSSR count). The van der Waals surface area contributed by atoms with E-state index in [1.54, 1.807) is 0 Å². The highest BCUT2D eigenvalue weighted by atomic mass is 15.2. The first-order valence-electron chi connectivity index (χ1n) is 7.59. The number of hydrogen-bond acceptors (Lipinski definition) is 3. The smallest absolute Gasteiger partial charge is 0.0271 e. The first-order valence-corrected chi connectivity index (χ1v) is 7.59. The fourth-order valence-electron chi connectivity index (χ4n) is 2.45. The summed E-state index contributed by atoms with van der Waals surface area (Å²) >= 11 is 0. The molecular formula is C15H33N3. The molecule has 3 heteroatoms. The first-order chi connectivity index (χ1) is 8.45. The SMILES string of the molecule is CCCN1CCCC(NCC(C)(C)N(C)C)CC1. The van der Waals surface area contributed by atoms with Gasteiger partial charge in [0.25, 0.3) is 0 Å². The zero-order valence-electron chi connectivity index (χ0n) is 13.1. The first kappa shape index (κ1) is 15.9. The van der Waals surface area contributed by atoms with Crippen LogP contribution in [0.4, 0.5) is 0 Å². The Kier molecular flexibility index (Phi) is 6.61. The van der Waals surface area contributed by atoms with Crippen molar-refractivity contribution < 1.29 is 0 Å². The van der Waals surface area contributed by atoms with Gasteiger partial charge in [-0.25, -0.2) is 0 Å². The standard InChI is InChI=1S/C15H33N3/c1-6-10-18-11-7-8-14(9-12-18)16-13-15(2,3)17(4)5/h14,16H,6-13H2,1-5H3. The van der Waals surface area contributed by atoms with Gasteiger partial charge in [0.2, 0.25) is 0 Å². The summed E-state index contributed by atoms with van der Waals surface area (Å²) in [6.45, 7) is 11.8. The fraction of sp³-hybridized carbons (Fsp3) is 1.00. The second-order valence-corrected chi connectivity index (χ2v) is 6.56. The molecule has 108 valence electrons. The second-order valence-electron chi connectivity index (χ2n) is 6.56. The average molecular weight is 255 g/mol. The van der Waals surface area contributed by atoms with E-state index in [-0.39, 0.29) is 5.54 Å². The van der Waals surface area contributed by atoms with E-state index in [1.165, 1.54) is 45.3 Å². The number of rotatable bonds is 6. The van der Waals surface area contributed by atoms with E-state index in [0.29, 0.717) is 6.04 Å². The van der Waals surface area contributed by atoms with Crippen molar-refractivity contribution >= 4 is 0 Å². The van der Waals surface area contributed by atoms with E-state index in [4.69, 9.17) is 0 Å². The van der Waals surface area contributed by atoms with Crippen LogP contribution in [-0.2, 0) is 0 Å². The maximum absolute atomic E-state index is 3.78. The molecule has 0 aliphatic carbocycles. The number of likely N-dealkylation sites (tertiary alicyclic amines) is 1. The van der Waals surface area contributed by atoms with E-state index in [1.807, 2.05) is 0 Å². The van der Waals surface area contributed by atoms with Gasteiger partial charge in [0.15, 0.2) is 0 Å². The molecule has 3 nitrogen and oxygen atoms in total. The molecule has 0 bridgehead atoms. The number of hydrogen-bond donors (Lipinski definition) is 1. The van der Waals surface area contributed by atoms with Crippen molar-refractivity contribution in [3.05, 3.63) is 0 Å². The van der Waals surface area contributed by atoms with Crippen molar-refractivity contribution in [1.29, 1.82) is 0 Å². The van der Waals surface area contributed by atoms with Crippen LogP contribution in [0.25, 0.3) is 0 Å². The molecule has 1 N–H and O–H groups in total. The van der Waals surface area contributed by atoms with Gasteiger partial charge in [0.05, 0.1) is 0 Å². The van der Waals surface area contributed by atoms with Gasteiger partial charge in [-0.2, -0.15) is 0 Å². The fourth-order valence-corrected chi connectivity index (χ4v) is 2.45. The van der Waals surface area contributed by atoms with E-state index in [0.717, 1.165) is 6.54 Å². The zero-order chi connectivity index (χ0) is 13.6. The predicted octanol–water partition coefficient (Wildman–Crippen LogP) is 2.18. The van der Waals surface area contributed by atoms with Crippen molar-refractivity contribution in [3.8, 4) is 0 Å². The zero-order valence-corrected chi connectivity index (χ0v) is 13.1. The van der Waals surface area contributed by atoms with Crippen LogP contribution in [0.1, 0.15) is 46.5 Å². The quantitative estimate of drug-likeness (QED) is 0.785. The lowest BCUT2D eigenvalue weighted by Gasteiger charge is -2.34. The van der Waals surface area contributed by atoms with Gasteiger partial charge < -0.3 is 15.1 Å². The largest absolute Gasteiger partial charge is 0.312 e. The molecule has 0 saturated carbocycles. The van der Waals surface area contributed by atoms with E-state index in [9.17, 15) is 0 Å². The van der Waals surface area contributed by atoms with Gasteiger partial charge >= 0.3 is 0 Å². The van der Waals surface area contributed by atoms with Gasteiger partial charge in [-0.1, -0.05) is 6.92 Å². The third-order valence-corrected chi connectivity index (χ3v) is 4.39. The van der Waals surface area contributed by atoms with Crippen LogP contribution >= 0.6 is 0 Å². The minimum atomic E-state index is 0.245. The molecule has 0 aromatic carbocycles. The van der Waals surface area contributed by atoms with Gasteiger partial charge in [-0.3, -0.25) is 0 Å². The lowest BCUT2D eigenvalue weighted by Crippen LogP contribution is -2.49. The van der Waals surface area contributed by atoms with E-state index < -0.39 is 0 Å². The number of nitrogens with zero attached hydrogens (tertiary/aromatic N) is 2. The Morgan fingerprint density at radius 2 is 1.94 bits per heavy atom. The predicted molar refractivity (Wildman–Crippen MR) is 80.1 cm³/mol. The Hall–Kier alpha value is -0.120. The summed E-state index contributed by atoms with van der Waals surface area (Å²) in [5.41, 5.74) is 0.245. The third kappa shape index (κ3) is 5.25. The maximum Gasteiger partial charge on any atom is 0.0271 e. The van der Waals surface area contributed by atoms with Gasteiger partial charge in [0.1, 0.15) is 0 Å². The summed E-state index contributed by atoms with van der Waals surface area (Å²) in [6.07, 6.45) is 5.28.